The van der Waals surface area contributed by atoms with Crippen molar-refractivity contribution in [1.82, 2.24) is 0 Å². The molecule has 5 heteroatoms. The summed E-state index contributed by atoms with van der Waals surface area (Å²) in [6, 6.07) is -0.380. The highest BCUT2D eigenvalue weighted by molar-refractivity contribution is 5.84. The number of amides is 2. The van der Waals surface area contributed by atoms with E-state index in [4.69, 9.17) is 17.2 Å². The molecule has 0 saturated heterocycles. The first-order valence-electron chi connectivity index (χ1n) is 3.82. The van der Waals surface area contributed by atoms with Crippen LogP contribution in [0.5, 0.6) is 0 Å². The van der Waals surface area contributed by atoms with Crippen molar-refractivity contribution in [3.8, 4) is 0 Å². The smallest absolute Gasteiger partial charge is 0.222 e. The SMILES string of the molecule is CCC(N)C(CC(N)=O)C(N)=O. The summed E-state index contributed by atoms with van der Waals surface area (Å²) in [5.74, 6) is -1.75. The molecule has 0 aromatic carbocycles. The van der Waals surface area contributed by atoms with Gasteiger partial charge in [-0.1, -0.05) is 6.92 Å². The molecule has 0 aliphatic heterocycles. The van der Waals surface area contributed by atoms with Gasteiger partial charge in [0.05, 0.1) is 5.92 Å². The molecule has 6 N–H and O–H groups in total. The number of hydrogen-bond donors (Lipinski definition) is 3. The van der Waals surface area contributed by atoms with Gasteiger partial charge < -0.3 is 17.2 Å². The zero-order chi connectivity index (χ0) is 9.72. The van der Waals surface area contributed by atoms with Crippen LogP contribution in [0.25, 0.3) is 0 Å². The third-order valence-corrected chi connectivity index (χ3v) is 1.77. The fourth-order valence-corrected chi connectivity index (χ4v) is 0.964. The third-order valence-electron chi connectivity index (χ3n) is 1.77. The molecule has 0 heterocycles. The van der Waals surface area contributed by atoms with E-state index in [2.05, 4.69) is 0 Å². The molecule has 0 aromatic rings. The van der Waals surface area contributed by atoms with Crippen molar-refractivity contribution in [3.05, 3.63) is 0 Å². The summed E-state index contributed by atoms with van der Waals surface area (Å²) >= 11 is 0. The molecule has 2 unspecified atom stereocenters. The molecule has 12 heavy (non-hydrogen) atoms. The van der Waals surface area contributed by atoms with Crippen molar-refractivity contribution < 1.29 is 9.59 Å². The summed E-state index contributed by atoms with van der Waals surface area (Å²) in [7, 11) is 0. The lowest BCUT2D eigenvalue weighted by Gasteiger charge is -2.17. The van der Waals surface area contributed by atoms with E-state index in [0.717, 1.165) is 0 Å². The molecule has 0 aliphatic rings. The molecule has 0 rings (SSSR count). The summed E-state index contributed by atoms with van der Waals surface area (Å²) in [5, 5.41) is 0. The largest absolute Gasteiger partial charge is 0.370 e. The van der Waals surface area contributed by atoms with E-state index in [0.29, 0.717) is 6.42 Å². The lowest BCUT2D eigenvalue weighted by atomic mass is 9.94. The fourth-order valence-electron chi connectivity index (χ4n) is 0.964. The fraction of sp³-hybridized carbons (Fsp3) is 0.714. The summed E-state index contributed by atoms with van der Waals surface area (Å²) in [4.78, 5) is 21.3. The molecule has 0 saturated carbocycles. The van der Waals surface area contributed by atoms with Gasteiger partial charge in [0, 0.05) is 12.5 Å². The van der Waals surface area contributed by atoms with Crippen molar-refractivity contribution >= 4 is 11.8 Å². The standard InChI is InChI=1S/C7H15N3O2/c1-2-5(8)4(7(10)12)3-6(9)11/h4-5H,2-3,8H2,1H3,(H2,9,11)(H2,10,12). The molecular weight excluding hydrogens is 158 g/mol. The van der Waals surface area contributed by atoms with Gasteiger partial charge in [-0.2, -0.15) is 0 Å². The van der Waals surface area contributed by atoms with Crippen LogP contribution >= 0.6 is 0 Å². The highest BCUT2D eigenvalue weighted by Gasteiger charge is 2.23. The number of carbonyl (C=O) groups is 2. The van der Waals surface area contributed by atoms with Crippen molar-refractivity contribution in [2.45, 2.75) is 25.8 Å². The minimum atomic E-state index is -0.632. The predicted molar refractivity (Wildman–Crippen MR) is 44.8 cm³/mol. The van der Waals surface area contributed by atoms with Gasteiger partial charge in [-0.15, -0.1) is 0 Å². The first kappa shape index (κ1) is 10.9. The van der Waals surface area contributed by atoms with Crippen LogP contribution in [0.1, 0.15) is 19.8 Å². The van der Waals surface area contributed by atoms with Gasteiger partial charge in [-0.05, 0) is 6.42 Å². The second-order valence-electron chi connectivity index (χ2n) is 2.75. The van der Waals surface area contributed by atoms with Gasteiger partial charge in [0.25, 0.3) is 0 Å². The van der Waals surface area contributed by atoms with Crippen LogP contribution in [0.4, 0.5) is 0 Å². The minimum absolute atomic E-state index is 0.0651. The Morgan fingerprint density at radius 2 is 1.83 bits per heavy atom. The first-order chi connectivity index (χ1) is 5.49. The van der Waals surface area contributed by atoms with Crippen LogP contribution in [0.15, 0.2) is 0 Å². The quantitative estimate of drug-likeness (QED) is 0.480. The average Bonchev–Trinajstić information content (AvgIpc) is 1.98. The predicted octanol–water partition coefficient (Wildman–Crippen LogP) is -1.30. The van der Waals surface area contributed by atoms with Gasteiger partial charge >= 0.3 is 0 Å². The maximum Gasteiger partial charge on any atom is 0.222 e. The number of carbonyl (C=O) groups excluding carboxylic acids is 2. The van der Waals surface area contributed by atoms with Crippen LogP contribution in [-0.2, 0) is 9.59 Å². The van der Waals surface area contributed by atoms with Crippen LogP contribution in [0, 0.1) is 5.92 Å². The molecule has 5 nitrogen and oxygen atoms in total. The topological polar surface area (TPSA) is 112 Å². The molecule has 70 valence electrons. The highest BCUT2D eigenvalue weighted by Crippen LogP contribution is 2.08. The lowest BCUT2D eigenvalue weighted by molar-refractivity contribution is -0.127. The van der Waals surface area contributed by atoms with E-state index in [1.807, 2.05) is 6.92 Å². The second kappa shape index (κ2) is 4.71. The second-order valence-corrected chi connectivity index (χ2v) is 2.75. The number of rotatable bonds is 5. The van der Waals surface area contributed by atoms with Crippen LogP contribution in [0.3, 0.4) is 0 Å². The van der Waals surface area contributed by atoms with Crippen LogP contribution in [0.2, 0.25) is 0 Å². The first-order valence-corrected chi connectivity index (χ1v) is 3.82. The van der Waals surface area contributed by atoms with Gasteiger partial charge in [0.15, 0.2) is 0 Å². The Bertz CT molecular complexity index is 181. The van der Waals surface area contributed by atoms with Gasteiger partial charge in [0.2, 0.25) is 11.8 Å². The van der Waals surface area contributed by atoms with E-state index in [-0.39, 0.29) is 12.5 Å². The molecule has 0 fully saturated rings. The van der Waals surface area contributed by atoms with Crippen molar-refractivity contribution in [1.29, 1.82) is 0 Å². The molecule has 0 radical (unpaired) electrons. The number of hydrogen-bond acceptors (Lipinski definition) is 3. The van der Waals surface area contributed by atoms with Crippen molar-refractivity contribution in [2.24, 2.45) is 23.1 Å². The zero-order valence-corrected chi connectivity index (χ0v) is 7.12. The molecule has 0 bridgehead atoms. The van der Waals surface area contributed by atoms with Gasteiger partial charge in [-0.3, -0.25) is 9.59 Å². The van der Waals surface area contributed by atoms with Crippen molar-refractivity contribution in [2.75, 3.05) is 0 Å². The Kier molecular flexibility index (Phi) is 4.28. The Morgan fingerprint density at radius 1 is 1.33 bits per heavy atom. The zero-order valence-electron chi connectivity index (χ0n) is 7.12. The van der Waals surface area contributed by atoms with Crippen molar-refractivity contribution in [3.63, 3.8) is 0 Å². The van der Waals surface area contributed by atoms with E-state index < -0.39 is 17.7 Å². The monoisotopic (exact) mass is 173 g/mol. The summed E-state index contributed by atoms with van der Waals surface area (Å²) in [6.45, 7) is 1.82. The summed E-state index contributed by atoms with van der Waals surface area (Å²) in [5.41, 5.74) is 15.5. The molecule has 2 amide bonds. The molecule has 0 aromatic heterocycles. The van der Waals surface area contributed by atoms with E-state index in [9.17, 15) is 9.59 Å². The normalized spacial score (nSPS) is 15.2. The third kappa shape index (κ3) is 3.34. The Hall–Kier alpha value is -1.10. The number of nitrogens with two attached hydrogens (primary N) is 3. The van der Waals surface area contributed by atoms with E-state index in [1.165, 1.54) is 0 Å². The summed E-state index contributed by atoms with van der Waals surface area (Å²) in [6.07, 6.45) is 0.533. The maximum atomic E-state index is 10.8. The van der Waals surface area contributed by atoms with E-state index >= 15 is 0 Å². The Balaban J connectivity index is 4.22. The molecule has 0 spiro atoms. The summed E-state index contributed by atoms with van der Waals surface area (Å²) < 4.78 is 0. The van der Waals surface area contributed by atoms with E-state index in [1.54, 1.807) is 0 Å². The van der Waals surface area contributed by atoms with Crippen LogP contribution < -0.4 is 17.2 Å². The maximum absolute atomic E-state index is 10.8. The molecule has 2 atom stereocenters. The Morgan fingerprint density at radius 3 is 2.08 bits per heavy atom. The van der Waals surface area contributed by atoms with Gasteiger partial charge in [0.1, 0.15) is 0 Å². The average molecular weight is 173 g/mol. The highest BCUT2D eigenvalue weighted by atomic mass is 16.2. The van der Waals surface area contributed by atoms with Gasteiger partial charge in [-0.25, -0.2) is 0 Å². The minimum Gasteiger partial charge on any atom is -0.370 e. The number of primary amides is 2. The van der Waals surface area contributed by atoms with Crippen LogP contribution in [-0.4, -0.2) is 17.9 Å². The lowest BCUT2D eigenvalue weighted by Crippen LogP contribution is -2.41. The Labute approximate surface area is 71.3 Å². The molecular formula is C7H15N3O2. The molecule has 0 aliphatic carbocycles.